The molecule has 0 saturated carbocycles. The first kappa shape index (κ1) is 25.7. The SMILES string of the molecule is O=C(NCC(c1cnc(C(F)(F)F)nc1)N1CCOCC1)c1c(F)ccc2nc(NCCO)ccc12. The van der Waals surface area contributed by atoms with E-state index in [4.69, 9.17) is 9.84 Å². The molecule has 0 spiro atoms. The molecular weight excluding hydrogens is 484 g/mol. The van der Waals surface area contributed by atoms with E-state index in [9.17, 15) is 22.4 Å². The van der Waals surface area contributed by atoms with Crippen molar-refractivity contribution in [1.29, 1.82) is 0 Å². The summed E-state index contributed by atoms with van der Waals surface area (Å²) < 4.78 is 58.8. The van der Waals surface area contributed by atoms with Crippen LogP contribution in [0.1, 0.15) is 27.8 Å². The fourth-order valence-electron chi connectivity index (χ4n) is 3.97. The number of anilines is 1. The van der Waals surface area contributed by atoms with Gasteiger partial charge in [0.25, 0.3) is 5.91 Å². The molecule has 1 amide bonds. The quantitative estimate of drug-likeness (QED) is 0.398. The van der Waals surface area contributed by atoms with Gasteiger partial charge in [-0.2, -0.15) is 13.2 Å². The zero-order chi connectivity index (χ0) is 25.7. The van der Waals surface area contributed by atoms with E-state index < -0.39 is 29.8 Å². The van der Waals surface area contributed by atoms with Crippen molar-refractivity contribution in [3.8, 4) is 0 Å². The van der Waals surface area contributed by atoms with E-state index in [-0.39, 0.29) is 25.3 Å². The van der Waals surface area contributed by atoms with Gasteiger partial charge in [-0.05, 0) is 24.3 Å². The smallest absolute Gasteiger partial charge is 0.395 e. The largest absolute Gasteiger partial charge is 0.451 e. The van der Waals surface area contributed by atoms with Crippen molar-refractivity contribution in [2.75, 3.05) is 51.3 Å². The fraction of sp³-hybridized carbons (Fsp3) is 0.391. The summed E-state index contributed by atoms with van der Waals surface area (Å²) >= 11 is 0. The van der Waals surface area contributed by atoms with Crippen LogP contribution >= 0.6 is 0 Å². The van der Waals surface area contributed by atoms with Crippen LogP contribution in [0.25, 0.3) is 10.9 Å². The predicted molar refractivity (Wildman–Crippen MR) is 122 cm³/mol. The Morgan fingerprint density at radius 3 is 2.53 bits per heavy atom. The number of aliphatic hydroxyl groups excluding tert-OH is 1. The van der Waals surface area contributed by atoms with Gasteiger partial charge in [0.15, 0.2) is 0 Å². The first-order valence-electron chi connectivity index (χ1n) is 11.2. The normalized spacial score (nSPS) is 15.6. The molecule has 0 bridgehead atoms. The Hall–Kier alpha value is -3.42. The number of hydrogen-bond acceptors (Lipinski definition) is 8. The van der Waals surface area contributed by atoms with E-state index >= 15 is 0 Å². The van der Waals surface area contributed by atoms with E-state index in [1.54, 1.807) is 12.1 Å². The van der Waals surface area contributed by atoms with Gasteiger partial charge < -0.3 is 20.5 Å². The number of aromatic nitrogens is 3. The zero-order valence-corrected chi connectivity index (χ0v) is 19.1. The number of fused-ring (bicyclic) bond motifs is 1. The number of halogens is 4. The lowest BCUT2D eigenvalue weighted by Crippen LogP contribution is -2.44. The number of morpholine rings is 1. The third-order valence-corrected chi connectivity index (χ3v) is 5.72. The number of amides is 1. The van der Waals surface area contributed by atoms with Crippen LogP contribution in [0.5, 0.6) is 0 Å². The van der Waals surface area contributed by atoms with Crippen LogP contribution in [0.15, 0.2) is 36.7 Å². The van der Waals surface area contributed by atoms with Gasteiger partial charge in [0, 0.05) is 49.5 Å². The molecule has 192 valence electrons. The molecule has 1 atom stereocenters. The Morgan fingerprint density at radius 2 is 1.86 bits per heavy atom. The molecule has 9 nitrogen and oxygen atoms in total. The number of carbonyl (C=O) groups excluding carboxylic acids is 1. The number of carbonyl (C=O) groups is 1. The van der Waals surface area contributed by atoms with Crippen molar-refractivity contribution >= 4 is 22.6 Å². The number of hydrogen-bond donors (Lipinski definition) is 3. The van der Waals surface area contributed by atoms with Gasteiger partial charge in [0.05, 0.1) is 36.9 Å². The maximum absolute atomic E-state index is 14.7. The van der Waals surface area contributed by atoms with E-state index in [1.165, 1.54) is 6.07 Å². The predicted octanol–water partition coefficient (Wildman–Crippen LogP) is 2.39. The molecule has 13 heteroatoms. The van der Waals surface area contributed by atoms with Crippen molar-refractivity contribution in [2.45, 2.75) is 12.2 Å². The van der Waals surface area contributed by atoms with E-state index in [0.29, 0.717) is 48.6 Å². The second-order valence-corrected chi connectivity index (χ2v) is 8.05. The molecule has 0 radical (unpaired) electrons. The second-order valence-electron chi connectivity index (χ2n) is 8.05. The molecule has 1 aliphatic rings. The summed E-state index contributed by atoms with van der Waals surface area (Å²) in [5, 5.41) is 14.9. The Bertz CT molecular complexity index is 1200. The molecule has 1 unspecified atom stereocenters. The zero-order valence-electron chi connectivity index (χ0n) is 19.1. The number of benzene rings is 1. The van der Waals surface area contributed by atoms with Gasteiger partial charge in [-0.1, -0.05) is 0 Å². The van der Waals surface area contributed by atoms with Gasteiger partial charge in [-0.25, -0.2) is 19.3 Å². The van der Waals surface area contributed by atoms with Crippen LogP contribution in [0.3, 0.4) is 0 Å². The Balaban J connectivity index is 1.57. The van der Waals surface area contributed by atoms with Gasteiger partial charge in [-0.15, -0.1) is 0 Å². The highest BCUT2D eigenvalue weighted by atomic mass is 19.4. The molecule has 3 N–H and O–H groups in total. The van der Waals surface area contributed by atoms with E-state index in [1.807, 2.05) is 4.90 Å². The van der Waals surface area contributed by atoms with Crippen molar-refractivity contribution in [1.82, 2.24) is 25.2 Å². The van der Waals surface area contributed by atoms with E-state index in [0.717, 1.165) is 18.5 Å². The molecule has 1 aliphatic heterocycles. The summed E-state index contributed by atoms with van der Waals surface area (Å²) in [6.45, 7) is 1.97. The molecule has 1 aromatic carbocycles. The number of rotatable bonds is 8. The topological polar surface area (TPSA) is 113 Å². The minimum Gasteiger partial charge on any atom is -0.395 e. The highest BCUT2D eigenvalue weighted by Gasteiger charge is 2.35. The molecule has 0 aliphatic carbocycles. The number of ether oxygens (including phenoxy) is 1. The molecule has 1 fully saturated rings. The highest BCUT2D eigenvalue weighted by molar-refractivity contribution is 6.06. The first-order valence-corrected chi connectivity index (χ1v) is 11.2. The summed E-state index contributed by atoms with van der Waals surface area (Å²) in [6.07, 6.45) is -2.49. The third kappa shape index (κ3) is 5.86. The van der Waals surface area contributed by atoms with Crippen molar-refractivity contribution < 1.29 is 32.2 Å². The third-order valence-electron chi connectivity index (χ3n) is 5.72. The molecule has 4 rings (SSSR count). The summed E-state index contributed by atoms with van der Waals surface area (Å²) in [6, 6.07) is 5.17. The lowest BCUT2D eigenvalue weighted by atomic mass is 10.1. The number of pyridine rings is 1. The molecule has 2 aromatic heterocycles. The Labute approximate surface area is 203 Å². The minimum absolute atomic E-state index is 0.0209. The van der Waals surface area contributed by atoms with Crippen LogP contribution in [-0.2, 0) is 10.9 Å². The summed E-state index contributed by atoms with van der Waals surface area (Å²) in [4.78, 5) is 26.2. The van der Waals surface area contributed by atoms with E-state index in [2.05, 4.69) is 25.6 Å². The first-order chi connectivity index (χ1) is 17.3. The number of alkyl halides is 3. The summed E-state index contributed by atoms with van der Waals surface area (Å²) in [5.41, 5.74) is 0.563. The summed E-state index contributed by atoms with van der Waals surface area (Å²) in [5.74, 6) is -2.22. The second kappa shape index (κ2) is 11.1. The lowest BCUT2D eigenvalue weighted by molar-refractivity contribution is -0.145. The molecule has 1 saturated heterocycles. The van der Waals surface area contributed by atoms with Crippen LogP contribution in [0, 0.1) is 5.82 Å². The molecule has 3 aromatic rings. The molecular formula is C23H24F4N6O3. The Morgan fingerprint density at radius 1 is 1.14 bits per heavy atom. The Kier molecular flexibility index (Phi) is 7.91. The monoisotopic (exact) mass is 508 g/mol. The maximum Gasteiger partial charge on any atom is 0.451 e. The standard InChI is InChI=1S/C23H24F4N6O3/c24-16-2-3-17-15(1-4-19(32-17)28-5-8-34)20(16)21(35)29-13-18(33-6-9-36-10-7-33)14-11-30-22(31-12-14)23(25,26)27/h1-4,11-12,18,34H,5-10,13H2,(H,28,32)(H,29,35). The lowest BCUT2D eigenvalue weighted by Gasteiger charge is -2.34. The average molecular weight is 508 g/mol. The van der Waals surface area contributed by atoms with Crippen LogP contribution < -0.4 is 10.6 Å². The van der Waals surface area contributed by atoms with Gasteiger partial charge in [0.1, 0.15) is 11.6 Å². The van der Waals surface area contributed by atoms with Gasteiger partial charge in [0.2, 0.25) is 5.82 Å². The molecule has 3 heterocycles. The number of nitrogens with zero attached hydrogens (tertiary/aromatic N) is 4. The summed E-state index contributed by atoms with van der Waals surface area (Å²) in [7, 11) is 0. The molecule has 36 heavy (non-hydrogen) atoms. The van der Waals surface area contributed by atoms with Crippen molar-refractivity contribution in [3.05, 3.63) is 59.4 Å². The minimum atomic E-state index is -4.67. The van der Waals surface area contributed by atoms with Crippen molar-refractivity contribution in [3.63, 3.8) is 0 Å². The number of nitrogens with one attached hydrogen (secondary N) is 2. The van der Waals surface area contributed by atoms with Gasteiger partial charge in [-0.3, -0.25) is 9.69 Å². The van der Waals surface area contributed by atoms with Crippen molar-refractivity contribution in [2.24, 2.45) is 0 Å². The van der Waals surface area contributed by atoms with Gasteiger partial charge >= 0.3 is 6.18 Å². The number of aliphatic hydroxyl groups is 1. The highest BCUT2D eigenvalue weighted by Crippen LogP contribution is 2.28. The average Bonchev–Trinajstić information content (AvgIpc) is 2.87. The van der Waals surface area contributed by atoms with Crippen LogP contribution in [0.2, 0.25) is 0 Å². The van der Waals surface area contributed by atoms with Crippen LogP contribution in [-0.4, -0.2) is 76.9 Å². The fourth-order valence-corrected chi connectivity index (χ4v) is 3.97. The van der Waals surface area contributed by atoms with Crippen LogP contribution in [0.4, 0.5) is 23.4 Å². The maximum atomic E-state index is 14.7.